The molecule has 0 bridgehead atoms. The van der Waals surface area contributed by atoms with E-state index in [9.17, 15) is 0 Å². The van der Waals surface area contributed by atoms with E-state index in [1.165, 1.54) is 0 Å². The summed E-state index contributed by atoms with van der Waals surface area (Å²) in [6.45, 7) is 6.96. The van der Waals surface area contributed by atoms with Gasteiger partial charge in [0, 0.05) is 11.1 Å². The standard InChI is InChI=1S/C14H18N6/c1-14(2,3)20-9-12(17-19-20)8-15-11-5-4-10-7-16-18-13(10)6-11/h4-7,9,15H,8H2,1-3H3,(H,16,18). The zero-order valence-electron chi connectivity index (χ0n) is 11.9. The molecular weight excluding hydrogens is 252 g/mol. The van der Waals surface area contributed by atoms with Gasteiger partial charge in [0.15, 0.2) is 0 Å². The number of anilines is 1. The summed E-state index contributed by atoms with van der Waals surface area (Å²) in [5.41, 5.74) is 2.94. The molecule has 3 aromatic rings. The van der Waals surface area contributed by atoms with E-state index in [-0.39, 0.29) is 5.54 Å². The molecule has 0 spiro atoms. The highest BCUT2D eigenvalue weighted by Gasteiger charge is 2.14. The Morgan fingerprint density at radius 3 is 2.90 bits per heavy atom. The number of aromatic nitrogens is 5. The van der Waals surface area contributed by atoms with Crippen molar-refractivity contribution in [2.75, 3.05) is 5.32 Å². The maximum absolute atomic E-state index is 4.18. The van der Waals surface area contributed by atoms with Crippen LogP contribution in [0.25, 0.3) is 10.9 Å². The fraction of sp³-hybridized carbons (Fsp3) is 0.357. The van der Waals surface area contributed by atoms with Crippen LogP contribution in [0, 0.1) is 0 Å². The molecule has 2 N–H and O–H groups in total. The van der Waals surface area contributed by atoms with Crippen LogP contribution >= 0.6 is 0 Å². The van der Waals surface area contributed by atoms with Crippen LogP contribution in [0.1, 0.15) is 26.5 Å². The number of H-pyrrole nitrogens is 1. The zero-order chi connectivity index (χ0) is 14.2. The van der Waals surface area contributed by atoms with Crippen molar-refractivity contribution >= 4 is 16.6 Å². The van der Waals surface area contributed by atoms with E-state index < -0.39 is 0 Å². The van der Waals surface area contributed by atoms with Crippen LogP contribution in [-0.2, 0) is 12.1 Å². The predicted molar refractivity (Wildman–Crippen MR) is 78.4 cm³/mol. The lowest BCUT2D eigenvalue weighted by atomic mass is 10.1. The number of rotatable bonds is 3. The Hall–Kier alpha value is -2.37. The second kappa shape index (κ2) is 4.63. The normalized spacial score (nSPS) is 11.9. The molecule has 2 heterocycles. The largest absolute Gasteiger partial charge is 0.379 e. The highest BCUT2D eigenvalue weighted by atomic mass is 15.4. The van der Waals surface area contributed by atoms with Gasteiger partial charge in [0.25, 0.3) is 0 Å². The second-order valence-corrected chi connectivity index (χ2v) is 5.85. The molecule has 0 radical (unpaired) electrons. The molecule has 0 saturated carbocycles. The summed E-state index contributed by atoms with van der Waals surface area (Å²) < 4.78 is 1.88. The minimum Gasteiger partial charge on any atom is -0.379 e. The van der Waals surface area contributed by atoms with Gasteiger partial charge in [-0.2, -0.15) is 5.10 Å². The molecule has 20 heavy (non-hydrogen) atoms. The molecule has 1 aromatic carbocycles. The van der Waals surface area contributed by atoms with Gasteiger partial charge in [-0.25, -0.2) is 4.68 Å². The van der Waals surface area contributed by atoms with Crippen molar-refractivity contribution in [3.8, 4) is 0 Å². The Kier molecular flexibility index (Phi) is 2.93. The van der Waals surface area contributed by atoms with Crippen LogP contribution < -0.4 is 5.32 Å². The first-order chi connectivity index (χ1) is 9.52. The average Bonchev–Trinajstić information content (AvgIpc) is 3.04. The van der Waals surface area contributed by atoms with Crippen molar-refractivity contribution in [1.82, 2.24) is 25.2 Å². The molecule has 0 saturated heterocycles. The lowest BCUT2D eigenvalue weighted by Gasteiger charge is -2.17. The summed E-state index contributed by atoms with van der Waals surface area (Å²) in [6, 6.07) is 6.11. The van der Waals surface area contributed by atoms with Crippen LogP contribution in [0.3, 0.4) is 0 Å². The van der Waals surface area contributed by atoms with Crippen LogP contribution in [0.5, 0.6) is 0 Å². The molecule has 0 aliphatic rings. The number of nitrogens with zero attached hydrogens (tertiary/aromatic N) is 4. The van der Waals surface area contributed by atoms with Gasteiger partial charge in [-0.15, -0.1) is 5.10 Å². The van der Waals surface area contributed by atoms with Gasteiger partial charge in [-0.1, -0.05) is 5.21 Å². The molecule has 0 unspecified atom stereocenters. The maximum atomic E-state index is 4.18. The summed E-state index contributed by atoms with van der Waals surface area (Å²) in [6.07, 6.45) is 3.79. The molecule has 104 valence electrons. The highest BCUT2D eigenvalue weighted by Crippen LogP contribution is 2.17. The third kappa shape index (κ3) is 2.49. The number of nitrogens with one attached hydrogen (secondary N) is 2. The molecule has 0 aliphatic carbocycles. The molecule has 6 nitrogen and oxygen atoms in total. The molecular formula is C14H18N6. The van der Waals surface area contributed by atoms with Crippen molar-refractivity contribution in [2.24, 2.45) is 0 Å². The van der Waals surface area contributed by atoms with Gasteiger partial charge in [0.2, 0.25) is 0 Å². The summed E-state index contributed by atoms with van der Waals surface area (Å²) in [5.74, 6) is 0. The molecule has 3 rings (SSSR count). The van der Waals surface area contributed by atoms with Gasteiger partial charge in [-0.05, 0) is 39.0 Å². The van der Waals surface area contributed by atoms with Crippen molar-refractivity contribution in [2.45, 2.75) is 32.9 Å². The number of aromatic amines is 1. The third-order valence-corrected chi connectivity index (χ3v) is 3.14. The van der Waals surface area contributed by atoms with Crippen molar-refractivity contribution in [1.29, 1.82) is 0 Å². The Bertz CT molecular complexity index is 718. The van der Waals surface area contributed by atoms with Gasteiger partial charge in [0.05, 0.1) is 30.0 Å². The lowest BCUT2D eigenvalue weighted by Crippen LogP contribution is -2.22. The third-order valence-electron chi connectivity index (χ3n) is 3.14. The number of hydrogen-bond donors (Lipinski definition) is 2. The van der Waals surface area contributed by atoms with Crippen molar-refractivity contribution < 1.29 is 0 Å². The van der Waals surface area contributed by atoms with E-state index in [0.717, 1.165) is 22.3 Å². The highest BCUT2D eigenvalue weighted by molar-refractivity contribution is 5.81. The van der Waals surface area contributed by atoms with Crippen LogP contribution in [-0.4, -0.2) is 25.2 Å². The summed E-state index contributed by atoms with van der Waals surface area (Å²) in [7, 11) is 0. The zero-order valence-corrected chi connectivity index (χ0v) is 11.9. The molecule has 0 amide bonds. The topological polar surface area (TPSA) is 71.4 Å². The van der Waals surface area contributed by atoms with Gasteiger partial charge >= 0.3 is 0 Å². The average molecular weight is 270 g/mol. The molecule has 6 heteroatoms. The minimum absolute atomic E-state index is 0.0416. The second-order valence-electron chi connectivity index (χ2n) is 5.85. The van der Waals surface area contributed by atoms with E-state index in [0.29, 0.717) is 6.54 Å². The van der Waals surface area contributed by atoms with E-state index in [1.54, 1.807) is 0 Å². The van der Waals surface area contributed by atoms with Gasteiger partial charge < -0.3 is 5.32 Å². The van der Waals surface area contributed by atoms with E-state index in [1.807, 2.05) is 35.3 Å². The van der Waals surface area contributed by atoms with Crippen LogP contribution in [0.15, 0.2) is 30.6 Å². The van der Waals surface area contributed by atoms with E-state index in [2.05, 4.69) is 46.6 Å². The van der Waals surface area contributed by atoms with Crippen molar-refractivity contribution in [3.63, 3.8) is 0 Å². The fourth-order valence-corrected chi connectivity index (χ4v) is 1.95. The molecule has 0 aliphatic heterocycles. The first-order valence-electron chi connectivity index (χ1n) is 6.61. The maximum Gasteiger partial charge on any atom is 0.102 e. The molecule has 2 aromatic heterocycles. The smallest absolute Gasteiger partial charge is 0.102 e. The van der Waals surface area contributed by atoms with E-state index >= 15 is 0 Å². The molecule has 0 atom stereocenters. The predicted octanol–water partition coefficient (Wildman–Crippen LogP) is 2.52. The van der Waals surface area contributed by atoms with Crippen LogP contribution in [0.2, 0.25) is 0 Å². The van der Waals surface area contributed by atoms with Crippen LogP contribution in [0.4, 0.5) is 5.69 Å². The van der Waals surface area contributed by atoms with E-state index in [4.69, 9.17) is 0 Å². The number of hydrogen-bond acceptors (Lipinski definition) is 4. The minimum atomic E-state index is -0.0416. The Morgan fingerprint density at radius 2 is 2.15 bits per heavy atom. The molecule has 0 fully saturated rings. The number of benzene rings is 1. The number of fused-ring (bicyclic) bond motifs is 1. The monoisotopic (exact) mass is 270 g/mol. The summed E-state index contributed by atoms with van der Waals surface area (Å²) in [5, 5.41) is 19.8. The Balaban J connectivity index is 1.71. The fourth-order valence-electron chi connectivity index (χ4n) is 1.95. The SMILES string of the molecule is CC(C)(C)n1cc(CNc2ccc3cn[nH]c3c2)nn1. The van der Waals surface area contributed by atoms with Crippen molar-refractivity contribution in [3.05, 3.63) is 36.3 Å². The first-order valence-corrected chi connectivity index (χ1v) is 6.61. The Labute approximate surface area is 117 Å². The lowest BCUT2D eigenvalue weighted by molar-refractivity contribution is 0.347. The van der Waals surface area contributed by atoms with Gasteiger partial charge in [0.1, 0.15) is 5.69 Å². The summed E-state index contributed by atoms with van der Waals surface area (Å²) in [4.78, 5) is 0. The first kappa shape index (κ1) is 12.7. The quantitative estimate of drug-likeness (QED) is 0.767. The summed E-state index contributed by atoms with van der Waals surface area (Å²) >= 11 is 0. The Morgan fingerprint density at radius 1 is 1.30 bits per heavy atom. The van der Waals surface area contributed by atoms with Gasteiger partial charge in [-0.3, -0.25) is 5.10 Å².